The van der Waals surface area contributed by atoms with Crippen LogP contribution in [0.15, 0.2) is 18.2 Å². The first-order valence-electron chi connectivity index (χ1n) is 7.14. The van der Waals surface area contributed by atoms with Gasteiger partial charge in [-0.25, -0.2) is 4.79 Å². The highest BCUT2D eigenvalue weighted by molar-refractivity contribution is 5.97. The number of carbonyl (C=O) groups is 1. The molecule has 0 saturated heterocycles. The molecule has 22 heavy (non-hydrogen) atoms. The van der Waals surface area contributed by atoms with Gasteiger partial charge in [0.2, 0.25) is 0 Å². The molecule has 0 spiro atoms. The van der Waals surface area contributed by atoms with E-state index in [4.69, 9.17) is 5.11 Å². The van der Waals surface area contributed by atoms with E-state index in [2.05, 4.69) is 10.3 Å². The molecular weight excluding hydrogens is 284 g/mol. The number of aromatic nitrogens is 1. The number of rotatable bonds is 4. The summed E-state index contributed by atoms with van der Waals surface area (Å²) in [6.45, 7) is 7.86. The number of nitrogens with one attached hydrogen (secondary N) is 2. The Kier molecular flexibility index (Phi) is 4.17. The van der Waals surface area contributed by atoms with E-state index in [0.717, 1.165) is 0 Å². The van der Waals surface area contributed by atoms with Crippen molar-refractivity contribution in [3.05, 3.63) is 29.5 Å². The van der Waals surface area contributed by atoms with Crippen molar-refractivity contribution in [3.63, 3.8) is 0 Å². The third kappa shape index (κ3) is 3.23. The van der Waals surface area contributed by atoms with Crippen molar-refractivity contribution >= 4 is 16.9 Å². The Morgan fingerprint density at radius 2 is 1.95 bits per heavy atom. The highest BCUT2D eigenvalue weighted by Gasteiger charge is 2.24. The normalized spacial score (nSPS) is 15.0. The summed E-state index contributed by atoms with van der Waals surface area (Å²) in [6.07, 6.45) is -0.834. The molecule has 1 aromatic heterocycles. The molecule has 1 heterocycles. The van der Waals surface area contributed by atoms with Crippen molar-refractivity contribution in [2.45, 2.75) is 45.4 Å². The Morgan fingerprint density at radius 1 is 1.32 bits per heavy atom. The Balaban J connectivity index is 2.46. The smallest absolute Gasteiger partial charge is 0.352 e. The summed E-state index contributed by atoms with van der Waals surface area (Å²) < 4.78 is 0. The van der Waals surface area contributed by atoms with E-state index >= 15 is 0 Å². The molecule has 0 fully saturated rings. The van der Waals surface area contributed by atoms with Gasteiger partial charge in [-0.2, -0.15) is 0 Å². The van der Waals surface area contributed by atoms with Crippen LogP contribution >= 0.6 is 0 Å². The van der Waals surface area contributed by atoms with Gasteiger partial charge in [0.15, 0.2) is 0 Å². The van der Waals surface area contributed by atoms with Gasteiger partial charge in [0, 0.05) is 17.0 Å². The number of hydrogen-bond acceptors (Lipinski definition) is 4. The van der Waals surface area contributed by atoms with Gasteiger partial charge in [0.1, 0.15) is 11.4 Å². The number of aromatic amines is 1. The third-order valence-electron chi connectivity index (χ3n) is 3.49. The number of aliphatic hydroxyl groups is 1. The summed E-state index contributed by atoms with van der Waals surface area (Å²) in [6, 6.07) is 4.26. The van der Waals surface area contributed by atoms with E-state index in [1.54, 1.807) is 6.07 Å². The number of hydrogen-bond donors (Lipinski definition) is 5. The zero-order valence-corrected chi connectivity index (χ0v) is 13.1. The fraction of sp³-hybridized carbons (Fsp3) is 0.438. The van der Waals surface area contributed by atoms with Crippen molar-refractivity contribution in [1.29, 1.82) is 0 Å². The van der Waals surface area contributed by atoms with Crippen LogP contribution in [0.25, 0.3) is 10.9 Å². The van der Waals surface area contributed by atoms with Crippen molar-refractivity contribution < 1.29 is 20.1 Å². The molecule has 0 aliphatic rings. The van der Waals surface area contributed by atoms with E-state index in [0.29, 0.717) is 16.5 Å². The summed E-state index contributed by atoms with van der Waals surface area (Å²) in [5, 5.41) is 33.3. The molecule has 120 valence electrons. The molecular formula is C16H22N2O4. The van der Waals surface area contributed by atoms with Gasteiger partial charge >= 0.3 is 5.97 Å². The van der Waals surface area contributed by atoms with Gasteiger partial charge in [-0.3, -0.25) is 0 Å². The molecule has 2 unspecified atom stereocenters. The second kappa shape index (κ2) is 5.62. The molecule has 0 aliphatic carbocycles. The van der Waals surface area contributed by atoms with Crippen molar-refractivity contribution in [3.8, 4) is 5.75 Å². The van der Waals surface area contributed by atoms with E-state index < -0.39 is 12.1 Å². The van der Waals surface area contributed by atoms with Crippen molar-refractivity contribution in [2.24, 2.45) is 0 Å². The summed E-state index contributed by atoms with van der Waals surface area (Å²) in [5.74, 6) is -1.16. The van der Waals surface area contributed by atoms with Gasteiger partial charge in [-0.1, -0.05) is 6.07 Å². The van der Waals surface area contributed by atoms with Crippen LogP contribution < -0.4 is 5.32 Å². The summed E-state index contributed by atoms with van der Waals surface area (Å²) >= 11 is 0. The molecule has 0 aliphatic heterocycles. The highest BCUT2D eigenvalue weighted by Crippen LogP contribution is 2.32. The SMILES string of the molecule is CC(NC(C)(C)C)C(O)c1ccc(O)c2[nH]c(C(=O)O)cc12. The maximum atomic E-state index is 11.1. The van der Waals surface area contributed by atoms with Crippen LogP contribution in [0.1, 0.15) is 49.9 Å². The second-order valence-electron chi connectivity index (χ2n) is 6.58. The molecule has 0 amide bonds. The lowest BCUT2D eigenvalue weighted by atomic mass is 9.97. The number of phenolic OH excluding ortho intramolecular Hbond substituents is 1. The fourth-order valence-corrected chi connectivity index (χ4v) is 2.63. The second-order valence-corrected chi connectivity index (χ2v) is 6.58. The first-order chi connectivity index (χ1) is 10.1. The first-order valence-corrected chi connectivity index (χ1v) is 7.14. The minimum atomic E-state index is -1.11. The molecule has 1 aromatic carbocycles. The van der Waals surface area contributed by atoms with Crippen LogP contribution in [-0.2, 0) is 0 Å². The van der Waals surface area contributed by atoms with E-state index in [1.165, 1.54) is 12.1 Å². The average molecular weight is 306 g/mol. The van der Waals surface area contributed by atoms with E-state index in [9.17, 15) is 15.0 Å². The lowest BCUT2D eigenvalue weighted by molar-refractivity contribution is 0.0691. The number of phenols is 1. The number of H-pyrrole nitrogens is 1. The third-order valence-corrected chi connectivity index (χ3v) is 3.49. The number of carboxylic acid groups (broad SMARTS) is 1. The van der Waals surface area contributed by atoms with Gasteiger partial charge in [0.05, 0.1) is 11.6 Å². The maximum Gasteiger partial charge on any atom is 0.352 e. The number of aromatic carboxylic acids is 1. The van der Waals surface area contributed by atoms with Gasteiger partial charge in [-0.05, 0) is 45.4 Å². The Hall–Kier alpha value is -2.05. The summed E-state index contributed by atoms with van der Waals surface area (Å²) in [4.78, 5) is 13.8. The average Bonchev–Trinajstić information content (AvgIpc) is 2.82. The van der Waals surface area contributed by atoms with Gasteiger partial charge < -0.3 is 25.6 Å². The monoisotopic (exact) mass is 306 g/mol. The summed E-state index contributed by atoms with van der Waals surface area (Å²) in [7, 11) is 0. The molecule has 6 heteroatoms. The van der Waals surface area contributed by atoms with Gasteiger partial charge in [0.25, 0.3) is 0 Å². The van der Waals surface area contributed by atoms with Crippen LogP contribution in [0, 0.1) is 0 Å². The molecule has 6 nitrogen and oxygen atoms in total. The van der Waals surface area contributed by atoms with Crippen LogP contribution in [0.3, 0.4) is 0 Å². The number of fused-ring (bicyclic) bond motifs is 1. The first kappa shape index (κ1) is 16.3. The lowest BCUT2D eigenvalue weighted by Crippen LogP contribution is -2.45. The Labute approximate surface area is 128 Å². The topological polar surface area (TPSA) is 106 Å². The molecule has 5 N–H and O–H groups in total. The van der Waals surface area contributed by atoms with Crippen LogP contribution in [-0.4, -0.2) is 37.9 Å². The largest absolute Gasteiger partial charge is 0.506 e. The Morgan fingerprint density at radius 3 is 2.50 bits per heavy atom. The molecule has 0 bridgehead atoms. The molecule has 2 aromatic rings. The Bertz CT molecular complexity index is 700. The molecule has 2 atom stereocenters. The van der Waals surface area contributed by atoms with Crippen molar-refractivity contribution in [2.75, 3.05) is 0 Å². The molecule has 0 radical (unpaired) electrons. The molecule has 2 rings (SSSR count). The van der Waals surface area contributed by atoms with Gasteiger partial charge in [-0.15, -0.1) is 0 Å². The minimum Gasteiger partial charge on any atom is -0.506 e. The lowest BCUT2D eigenvalue weighted by Gasteiger charge is -2.29. The highest BCUT2D eigenvalue weighted by atomic mass is 16.4. The quantitative estimate of drug-likeness (QED) is 0.596. The fourth-order valence-electron chi connectivity index (χ4n) is 2.63. The standard InChI is InChI=1S/C16H22N2O4/c1-8(18-16(2,3)4)14(20)9-5-6-12(19)13-10(9)7-11(17-13)15(21)22/h5-8,14,17-20H,1-4H3,(H,21,22). The number of carboxylic acids is 1. The van der Waals surface area contributed by atoms with E-state index in [1.807, 2.05) is 27.7 Å². The van der Waals surface area contributed by atoms with Crippen molar-refractivity contribution in [1.82, 2.24) is 10.3 Å². The molecule has 0 saturated carbocycles. The number of aromatic hydroxyl groups is 1. The predicted molar refractivity (Wildman–Crippen MR) is 84.2 cm³/mol. The minimum absolute atomic E-state index is 0.0265. The number of aliphatic hydroxyl groups excluding tert-OH is 1. The number of benzene rings is 1. The van der Waals surface area contributed by atoms with Crippen LogP contribution in [0.5, 0.6) is 5.75 Å². The van der Waals surface area contributed by atoms with Crippen LogP contribution in [0.4, 0.5) is 0 Å². The van der Waals surface area contributed by atoms with Crippen LogP contribution in [0.2, 0.25) is 0 Å². The predicted octanol–water partition coefficient (Wildman–Crippen LogP) is 2.38. The zero-order valence-electron chi connectivity index (χ0n) is 13.1. The van der Waals surface area contributed by atoms with E-state index in [-0.39, 0.29) is 23.0 Å². The zero-order chi connectivity index (χ0) is 16.7. The summed E-state index contributed by atoms with van der Waals surface area (Å²) in [5.41, 5.74) is 0.694. The maximum absolute atomic E-state index is 11.1.